The summed E-state index contributed by atoms with van der Waals surface area (Å²) in [6, 6.07) is 16.9. The van der Waals surface area contributed by atoms with Crippen LogP contribution in [0.3, 0.4) is 0 Å². The lowest BCUT2D eigenvalue weighted by Crippen LogP contribution is -2.28. The molecule has 0 saturated carbocycles. The highest BCUT2D eigenvalue weighted by Gasteiger charge is 2.34. The predicted molar refractivity (Wildman–Crippen MR) is 107 cm³/mol. The molecule has 0 aliphatic carbocycles. The van der Waals surface area contributed by atoms with Crippen molar-refractivity contribution in [2.24, 2.45) is 11.7 Å². The van der Waals surface area contributed by atoms with Crippen molar-refractivity contribution in [1.82, 2.24) is 4.90 Å². The van der Waals surface area contributed by atoms with Crippen molar-refractivity contribution < 1.29 is 14.3 Å². The number of nitrogens with one attached hydrogen (secondary N) is 1. The van der Waals surface area contributed by atoms with E-state index in [4.69, 9.17) is 10.5 Å². The van der Waals surface area contributed by atoms with Gasteiger partial charge in [0.1, 0.15) is 12.4 Å². The summed E-state index contributed by atoms with van der Waals surface area (Å²) >= 11 is 0. The van der Waals surface area contributed by atoms with Gasteiger partial charge >= 0.3 is 0 Å². The van der Waals surface area contributed by atoms with E-state index in [9.17, 15) is 9.59 Å². The van der Waals surface area contributed by atoms with Crippen LogP contribution in [0, 0.1) is 5.92 Å². The molecule has 0 bridgehead atoms. The lowest BCUT2D eigenvalue weighted by Gasteiger charge is -2.16. The zero-order chi connectivity index (χ0) is 18.4. The minimum Gasteiger partial charge on any atom is -0.492 e. The summed E-state index contributed by atoms with van der Waals surface area (Å²) in [6.45, 7) is 1.88. The minimum absolute atomic E-state index is 0. The van der Waals surface area contributed by atoms with Gasteiger partial charge in [-0.05, 0) is 29.8 Å². The fourth-order valence-corrected chi connectivity index (χ4v) is 2.96. The lowest BCUT2D eigenvalue weighted by atomic mass is 10.1. The standard InChI is InChI=1S/C20H23N3O3.ClH/c21-10-11-26-18-8-6-17(7-9-18)22-20(25)16-12-19(24)23(14-16)13-15-4-2-1-3-5-15;/h1-9,16H,10-14,21H2,(H,22,25);1H. The van der Waals surface area contributed by atoms with E-state index in [0.29, 0.717) is 37.7 Å². The van der Waals surface area contributed by atoms with E-state index in [0.717, 1.165) is 5.56 Å². The Morgan fingerprint density at radius 1 is 1.15 bits per heavy atom. The number of nitrogens with two attached hydrogens (primary N) is 1. The van der Waals surface area contributed by atoms with Crippen LogP contribution >= 0.6 is 12.4 Å². The number of halogens is 1. The van der Waals surface area contributed by atoms with Crippen LogP contribution in [0.15, 0.2) is 54.6 Å². The first-order valence-electron chi connectivity index (χ1n) is 8.71. The Hall–Kier alpha value is -2.57. The maximum absolute atomic E-state index is 12.5. The maximum Gasteiger partial charge on any atom is 0.229 e. The largest absolute Gasteiger partial charge is 0.492 e. The number of ether oxygens (including phenoxy) is 1. The van der Waals surface area contributed by atoms with Crippen molar-refractivity contribution in [2.75, 3.05) is 25.0 Å². The van der Waals surface area contributed by atoms with Gasteiger partial charge in [0.2, 0.25) is 11.8 Å². The quantitative estimate of drug-likeness (QED) is 0.761. The van der Waals surface area contributed by atoms with E-state index >= 15 is 0 Å². The van der Waals surface area contributed by atoms with Gasteiger partial charge in [0.25, 0.3) is 0 Å². The van der Waals surface area contributed by atoms with Gasteiger partial charge in [-0.25, -0.2) is 0 Å². The Morgan fingerprint density at radius 2 is 1.85 bits per heavy atom. The number of likely N-dealkylation sites (tertiary alicyclic amines) is 1. The van der Waals surface area contributed by atoms with E-state index in [1.807, 2.05) is 30.3 Å². The van der Waals surface area contributed by atoms with Crippen molar-refractivity contribution in [3.63, 3.8) is 0 Å². The van der Waals surface area contributed by atoms with Crippen molar-refractivity contribution in [3.8, 4) is 5.75 Å². The Bertz CT molecular complexity index is 753. The van der Waals surface area contributed by atoms with E-state index < -0.39 is 0 Å². The van der Waals surface area contributed by atoms with Crippen LogP contribution < -0.4 is 15.8 Å². The molecule has 0 aromatic heterocycles. The Kier molecular flexibility index (Phi) is 7.64. The summed E-state index contributed by atoms with van der Waals surface area (Å²) in [7, 11) is 0. The molecule has 3 rings (SSSR count). The number of amides is 2. The Balaban J connectivity index is 0.00000261. The van der Waals surface area contributed by atoms with Crippen LogP contribution in [0.2, 0.25) is 0 Å². The van der Waals surface area contributed by atoms with Crippen LogP contribution in [-0.2, 0) is 16.1 Å². The third-order valence-electron chi connectivity index (χ3n) is 4.31. The van der Waals surface area contributed by atoms with Crippen LogP contribution in [0.5, 0.6) is 5.75 Å². The zero-order valence-electron chi connectivity index (χ0n) is 15.0. The molecule has 0 spiro atoms. The number of anilines is 1. The highest BCUT2D eigenvalue weighted by molar-refractivity contribution is 5.97. The number of hydrogen-bond donors (Lipinski definition) is 2. The fraction of sp³-hybridized carbons (Fsp3) is 0.300. The molecule has 2 aromatic rings. The third kappa shape index (κ3) is 5.70. The molecule has 1 heterocycles. The molecular weight excluding hydrogens is 366 g/mol. The molecule has 0 radical (unpaired) electrons. The second-order valence-electron chi connectivity index (χ2n) is 6.31. The summed E-state index contributed by atoms with van der Waals surface area (Å²) in [5.74, 6) is 0.252. The molecule has 1 unspecified atom stereocenters. The molecular formula is C20H24ClN3O3. The van der Waals surface area contributed by atoms with Gasteiger partial charge in [0.15, 0.2) is 0 Å². The second kappa shape index (κ2) is 9.94. The van der Waals surface area contributed by atoms with Gasteiger partial charge in [-0.1, -0.05) is 30.3 Å². The number of nitrogens with zero attached hydrogens (tertiary/aromatic N) is 1. The van der Waals surface area contributed by atoms with E-state index in [1.165, 1.54) is 0 Å². The third-order valence-corrected chi connectivity index (χ3v) is 4.31. The molecule has 6 nitrogen and oxygen atoms in total. The average Bonchev–Trinajstić information content (AvgIpc) is 3.03. The zero-order valence-corrected chi connectivity index (χ0v) is 15.8. The molecule has 1 fully saturated rings. The number of hydrogen-bond acceptors (Lipinski definition) is 4. The number of carbonyl (C=O) groups excluding carboxylic acids is 2. The first kappa shape index (κ1) is 20.7. The van der Waals surface area contributed by atoms with Gasteiger partial charge in [-0.2, -0.15) is 0 Å². The van der Waals surface area contributed by atoms with Crippen molar-refractivity contribution in [2.45, 2.75) is 13.0 Å². The predicted octanol–water partition coefficient (Wildman–Crippen LogP) is 2.43. The molecule has 1 atom stereocenters. The molecule has 27 heavy (non-hydrogen) atoms. The van der Waals surface area contributed by atoms with E-state index in [-0.39, 0.29) is 36.6 Å². The van der Waals surface area contributed by atoms with Crippen LogP contribution in [0.25, 0.3) is 0 Å². The second-order valence-corrected chi connectivity index (χ2v) is 6.31. The van der Waals surface area contributed by atoms with Crippen molar-refractivity contribution in [1.29, 1.82) is 0 Å². The molecule has 1 aliphatic heterocycles. The molecule has 2 amide bonds. The fourth-order valence-electron chi connectivity index (χ4n) is 2.96. The van der Waals surface area contributed by atoms with Gasteiger partial charge in [-0.3, -0.25) is 9.59 Å². The summed E-state index contributed by atoms with van der Waals surface area (Å²) in [5, 5.41) is 2.87. The van der Waals surface area contributed by atoms with Crippen molar-refractivity contribution >= 4 is 29.9 Å². The molecule has 1 saturated heterocycles. The smallest absolute Gasteiger partial charge is 0.229 e. The van der Waals surface area contributed by atoms with Gasteiger partial charge in [-0.15, -0.1) is 12.4 Å². The first-order valence-corrected chi connectivity index (χ1v) is 8.71. The first-order chi connectivity index (χ1) is 12.7. The Labute approximate surface area is 165 Å². The molecule has 1 aliphatic rings. The Morgan fingerprint density at radius 3 is 2.52 bits per heavy atom. The molecule has 2 aromatic carbocycles. The van der Waals surface area contributed by atoms with E-state index in [2.05, 4.69) is 5.32 Å². The summed E-state index contributed by atoms with van der Waals surface area (Å²) in [5.41, 5.74) is 7.15. The summed E-state index contributed by atoms with van der Waals surface area (Å²) < 4.78 is 5.41. The number of rotatable bonds is 7. The SMILES string of the molecule is Cl.NCCOc1ccc(NC(=O)C2CC(=O)N(Cc3ccccc3)C2)cc1. The minimum atomic E-state index is -0.334. The van der Waals surface area contributed by atoms with Crippen molar-refractivity contribution in [3.05, 3.63) is 60.2 Å². The monoisotopic (exact) mass is 389 g/mol. The highest BCUT2D eigenvalue weighted by atomic mass is 35.5. The molecule has 3 N–H and O–H groups in total. The van der Waals surface area contributed by atoms with Crippen LogP contribution in [0.4, 0.5) is 5.69 Å². The van der Waals surface area contributed by atoms with Crippen LogP contribution in [0.1, 0.15) is 12.0 Å². The molecule has 144 valence electrons. The summed E-state index contributed by atoms with van der Waals surface area (Å²) in [6.07, 6.45) is 0.246. The maximum atomic E-state index is 12.5. The van der Waals surface area contributed by atoms with E-state index in [1.54, 1.807) is 29.2 Å². The van der Waals surface area contributed by atoms with Gasteiger partial charge in [0.05, 0.1) is 5.92 Å². The van der Waals surface area contributed by atoms with Gasteiger partial charge in [0, 0.05) is 31.7 Å². The summed E-state index contributed by atoms with van der Waals surface area (Å²) in [4.78, 5) is 26.4. The average molecular weight is 390 g/mol. The highest BCUT2D eigenvalue weighted by Crippen LogP contribution is 2.23. The lowest BCUT2D eigenvalue weighted by molar-refractivity contribution is -0.128. The topological polar surface area (TPSA) is 84.7 Å². The molecule has 7 heteroatoms. The number of carbonyl (C=O) groups is 2. The van der Waals surface area contributed by atoms with Crippen LogP contribution in [-0.4, -0.2) is 36.4 Å². The normalized spacial score (nSPS) is 16.0. The van der Waals surface area contributed by atoms with Gasteiger partial charge < -0.3 is 20.7 Å². The number of benzene rings is 2.